The van der Waals surface area contributed by atoms with Gasteiger partial charge in [-0.2, -0.15) is 0 Å². The number of rotatable bonds is 4. The van der Waals surface area contributed by atoms with E-state index >= 15 is 0 Å². The number of carbonyl (C=O) groups is 2. The van der Waals surface area contributed by atoms with Crippen LogP contribution in [0.4, 0.5) is 5.69 Å². The van der Waals surface area contributed by atoms with E-state index < -0.39 is 5.91 Å². The molecule has 0 aromatic heterocycles. The van der Waals surface area contributed by atoms with Gasteiger partial charge in [0.05, 0.1) is 5.75 Å². The fourth-order valence-corrected chi connectivity index (χ4v) is 1.91. The van der Waals surface area contributed by atoms with Crippen LogP contribution in [0, 0.1) is 0 Å². The second-order valence-electron chi connectivity index (χ2n) is 3.71. The Kier molecular flexibility index (Phi) is 4.39. The van der Waals surface area contributed by atoms with Crippen molar-refractivity contribution in [3.8, 4) is 0 Å². The average Bonchev–Trinajstić information content (AvgIpc) is 2.26. The zero-order valence-corrected chi connectivity index (χ0v) is 10.6. The number of hydrogen-bond donors (Lipinski definition) is 2. The van der Waals surface area contributed by atoms with Crippen LogP contribution < -0.4 is 11.5 Å². The van der Waals surface area contributed by atoms with Crippen LogP contribution in [-0.2, 0) is 4.79 Å². The maximum absolute atomic E-state index is 11.7. The summed E-state index contributed by atoms with van der Waals surface area (Å²) in [5.74, 6) is -0.337. The number of anilines is 1. The summed E-state index contributed by atoms with van der Waals surface area (Å²) in [6.07, 6.45) is 0. The number of carbonyl (C=O) groups excluding carboxylic acids is 2. The van der Waals surface area contributed by atoms with Gasteiger partial charge in [-0.15, -0.1) is 11.8 Å². The van der Waals surface area contributed by atoms with E-state index in [4.69, 9.17) is 11.5 Å². The first-order valence-corrected chi connectivity index (χ1v) is 5.92. The molecule has 0 aliphatic heterocycles. The van der Waals surface area contributed by atoms with Crippen molar-refractivity contribution >= 4 is 29.3 Å². The van der Waals surface area contributed by atoms with Crippen LogP contribution in [-0.4, -0.2) is 36.6 Å². The van der Waals surface area contributed by atoms with Gasteiger partial charge in [0.2, 0.25) is 5.91 Å². The summed E-state index contributed by atoms with van der Waals surface area (Å²) in [5, 5.41) is 0. The third-order valence-corrected chi connectivity index (χ3v) is 3.14. The zero-order chi connectivity index (χ0) is 13.0. The Morgan fingerprint density at radius 1 is 1.35 bits per heavy atom. The molecule has 1 aromatic rings. The molecule has 0 saturated carbocycles. The van der Waals surface area contributed by atoms with Crippen molar-refractivity contribution in [2.45, 2.75) is 4.90 Å². The molecule has 5 nitrogen and oxygen atoms in total. The lowest BCUT2D eigenvalue weighted by atomic mass is 10.2. The lowest BCUT2D eigenvalue weighted by Gasteiger charge is -2.11. The van der Waals surface area contributed by atoms with E-state index in [0.29, 0.717) is 11.3 Å². The number of amides is 2. The maximum Gasteiger partial charge on any atom is 0.253 e. The molecule has 0 unspecified atom stereocenters. The lowest BCUT2D eigenvalue weighted by Crippen LogP contribution is -2.21. The van der Waals surface area contributed by atoms with Gasteiger partial charge in [0.1, 0.15) is 0 Å². The molecular weight excluding hydrogens is 238 g/mol. The van der Waals surface area contributed by atoms with E-state index in [1.165, 1.54) is 16.7 Å². The minimum absolute atomic E-state index is 0.108. The lowest BCUT2D eigenvalue weighted by molar-refractivity contribution is -0.115. The molecule has 0 radical (unpaired) electrons. The molecule has 0 heterocycles. The Morgan fingerprint density at radius 2 is 2.00 bits per heavy atom. The Hall–Kier alpha value is -1.69. The van der Waals surface area contributed by atoms with Gasteiger partial charge in [-0.3, -0.25) is 9.59 Å². The van der Waals surface area contributed by atoms with Gasteiger partial charge in [-0.1, -0.05) is 0 Å². The third-order valence-electron chi connectivity index (χ3n) is 2.03. The Labute approximate surface area is 104 Å². The highest BCUT2D eigenvalue weighted by molar-refractivity contribution is 8.00. The van der Waals surface area contributed by atoms with Crippen LogP contribution in [0.2, 0.25) is 0 Å². The SMILES string of the molecule is CN(C)C(=O)c1ccc(SCC(N)=O)c(N)c1. The summed E-state index contributed by atoms with van der Waals surface area (Å²) in [5.41, 5.74) is 11.8. The highest BCUT2D eigenvalue weighted by Gasteiger charge is 2.10. The first kappa shape index (κ1) is 13.4. The van der Waals surface area contributed by atoms with Crippen LogP contribution in [0.5, 0.6) is 0 Å². The monoisotopic (exact) mass is 253 g/mol. The Morgan fingerprint density at radius 3 is 2.47 bits per heavy atom. The molecule has 1 aromatic carbocycles. The van der Waals surface area contributed by atoms with Crippen LogP contribution in [0.25, 0.3) is 0 Å². The second-order valence-corrected chi connectivity index (χ2v) is 4.72. The Bertz CT molecular complexity index is 446. The second kappa shape index (κ2) is 5.58. The summed E-state index contributed by atoms with van der Waals surface area (Å²) in [6.45, 7) is 0. The number of primary amides is 1. The first-order chi connectivity index (χ1) is 7.91. The number of hydrogen-bond acceptors (Lipinski definition) is 4. The molecule has 0 aliphatic rings. The minimum Gasteiger partial charge on any atom is -0.398 e. The van der Waals surface area contributed by atoms with Crippen LogP contribution in [0.3, 0.4) is 0 Å². The quantitative estimate of drug-likeness (QED) is 0.605. The largest absolute Gasteiger partial charge is 0.398 e. The summed E-state index contributed by atoms with van der Waals surface area (Å²) in [6, 6.07) is 5.01. The van der Waals surface area contributed by atoms with Gasteiger partial charge in [0.15, 0.2) is 0 Å². The van der Waals surface area contributed by atoms with Crippen molar-refractivity contribution in [1.29, 1.82) is 0 Å². The summed E-state index contributed by atoms with van der Waals surface area (Å²) in [4.78, 5) is 24.5. The molecule has 92 valence electrons. The van der Waals surface area contributed by atoms with Gasteiger partial charge >= 0.3 is 0 Å². The number of nitrogens with zero attached hydrogens (tertiary/aromatic N) is 1. The topological polar surface area (TPSA) is 89.4 Å². The molecule has 17 heavy (non-hydrogen) atoms. The smallest absolute Gasteiger partial charge is 0.253 e. The minimum atomic E-state index is -0.400. The van der Waals surface area contributed by atoms with Crippen molar-refractivity contribution < 1.29 is 9.59 Å². The maximum atomic E-state index is 11.7. The highest BCUT2D eigenvalue weighted by atomic mass is 32.2. The van der Waals surface area contributed by atoms with Crippen molar-refractivity contribution in [2.75, 3.05) is 25.6 Å². The summed E-state index contributed by atoms with van der Waals surface area (Å²) in [7, 11) is 3.35. The molecule has 0 bridgehead atoms. The molecule has 1 rings (SSSR count). The molecule has 0 fully saturated rings. The van der Waals surface area contributed by atoms with E-state index in [1.54, 1.807) is 32.3 Å². The predicted molar refractivity (Wildman–Crippen MR) is 68.8 cm³/mol. The normalized spacial score (nSPS) is 10.0. The van der Waals surface area contributed by atoms with Gasteiger partial charge in [-0.05, 0) is 18.2 Å². The third kappa shape index (κ3) is 3.67. The van der Waals surface area contributed by atoms with Crippen molar-refractivity contribution in [2.24, 2.45) is 5.73 Å². The number of benzene rings is 1. The summed E-state index contributed by atoms with van der Waals surface area (Å²) >= 11 is 1.26. The van der Waals surface area contributed by atoms with Crippen LogP contribution >= 0.6 is 11.8 Å². The standard InChI is InChI=1S/C11H15N3O2S/c1-14(2)11(16)7-3-4-9(8(12)5-7)17-6-10(13)15/h3-5H,6,12H2,1-2H3,(H2,13,15). The van der Waals surface area contributed by atoms with Crippen molar-refractivity contribution in [3.63, 3.8) is 0 Å². The fourth-order valence-electron chi connectivity index (χ4n) is 1.22. The number of nitrogen functional groups attached to an aromatic ring is 1. The summed E-state index contributed by atoms with van der Waals surface area (Å²) < 4.78 is 0. The van der Waals surface area contributed by atoms with Crippen molar-refractivity contribution in [3.05, 3.63) is 23.8 Å². The van der Waals surface area contributed by atoms with Crippen LogP contribution in [0.15, 0.2) is 23.1 Å². The number of nitrogens with two attached hydrogens (primary N) is 2. The van der Waals surface area contributed by atoms with Crippen molar-refractivity contribution in [1.82, 2.24) is 4.90 Å². The van der Waals surface area contributed by atoms with Gasteiger partial charge < -0.3 is 16.4 Å². The molecule has 0 aliphatic carbocycles. The van der Waals surface area contributed by atoms with Gasteiger partial charge in [0.25, 0.3) is 5.91 Å². The van der Waals surface area contributed by atoms with E-state index in [1.807, 2.05) is 0 Å². The predicted octanol–water partition coefficient (Wildman–Crippen LogP) is 0.548. The Balaban J connectivity index is 2.86. The fraction of sp³-hybridized carbons (Fsp3) is 0.273. The molecule has 0 atom stereocenters. The number of thioether (sulfide) groups is 1. The van der Waals surface area contributed by atoms with E-state index in [-0.39, 0.29) is 11.7 Å². The molecular formula is C11H15N3O2S. The van der Waals surface area contributed by atoms with E-state index in [2.05, 4.69) is 0 Å². The first-order valence-electron chi connectivity index (χ1n) is 4.94. The average molecular weight is 253 g/mol. The molecule has 2 amide bonds. The highest BCUT2D eigenvalue weighted by Crippen LogP contribution is 2.25. The molecule has 6 heteroatoms. The van der Waals surface area contributed by atoms with Gasteiger partial charge in [0, 0.05) is 30.2 Å². The molecule has 0 spiro atoms. The van der Waals surface area contributed by atoms with E-state index in [9.17, 15) is 9.59 Å². The van der Waals surface area contributed by atoms with Crippen LogP contribution in [0.1, 0.15) is 10.4 Å². The molecule has 4 N–H and O–H groups in total. The van der Waals surface area contributed by atoms with Gasteiger partial charge in [-0.25, -0.2) is 0 Å². The zero-order valence-electron chi connectivity index (χ0n) is 9.77. The molecule has 0 saturated heterocycles. The van der Waals surface area contributed by atoms with E-state index in [0.717, 1.165) is 4.90 Å².